The number of carbonyl (C=O) groups is 1. The minimum atomic E-state index is -4.40. The van der Waals surface area contributed by atoms with Crippen LogP contribution in [0.2, 0.25) is 0 Å². The van der Waals surface area contributed by atoms with Gasteiger partial charge in [-0.2, -0.15) is 13.2 Å². The minimum absolute atomic E-state index is 0.251. The molecule has 0 atom stereocenters. The fourth-order valence-electron chi connectivity index (χ4n) is 2.97. The summed E-state index contributed by atoms with van der Waals surface area (Å²) in [4.78, 5) is 15.9. The SMILES string of the molecule is CCCNC(=O)c1cc(-c2ccc(C(F)(F)F)cc2)[nH]c1-c1cccc(OC)c1. The Morgan fingerprint density at radius 1 is 1.07 bits per heavy atom. The first kappa shape index (κ1) is 20.5. The maximum atomic E-state index is 12.8. The van der Waals surface area contributed by atoms with E-state index in [2.05, 4.69) is 10.3 Å². The Balaban J connectivity index is 2.05. The van der Waals surface area contributed by atoms with Gasteiger partial charge in [-0.3, -0.25) is 4.79 Å². The van der Waals surface area contributed by atoms with E-state index in [1.165, 1.54) is 12.1 Å². The van der Waals surface area contributed by atoms with Gasteiger partial charge in [0.25, 0.3) is 5.91 Å². The molecular formula is C22H21F3N2O2. The first-order valence-electron chi connectivity index (χ1n) is 9.16. The van der Waals surface area contributed by atoms with Crippen molar-refractivity contribution in [3.8, 4) is 28.3 Å². The number of methoxy groups -OCH3 is 1. The van der Waals surface area contributed by atoms with Crippen molar-refractivity contribution >= 4 is 5.91 Å². The van der Waals surface area contributed by atoms with Crippen molar-refractivity contribution in [1.29, 1.82) is 0 Å². The summed E-state index contributed by atoms with van der Waals surface area (Å²) in [7, 11) is 1.55. The Morgan fingerprint density at radius 2 is 1.79 bits per heavy atom. The van der Waals surface area contributed by atoms with Crippen LogP contribution in [0.1, 0.15) is 29.3 Å². The highest BCUT2D eigenvalue weighted by molar-refractivity contribution is 6.01. The molecule has 2 N–H and O–H groups in total. The second-order valence-electron chi connectivity index (χ2n) is 6.53. The zero-order chi connectivity index (χ0) is 21.0. The molecule has 3 aromatic rings. The van der Waals surface area contributed by atoms with E-state index in [4.69, 9.17) is 4.74 Å². The second-order valence-corrected chi connectivity index (χ2v) is 6.53. The lowest BCUT2D eigenvalue weighted by Gasteiger charge is -2.07. The summed E-state index contributed by atoms with van der Waals surface area (Å²) in [5, 5.41) is 2.84. The van der Waals surface area contributed by atoms with Crippen LogP contribution in [0, 0.1) is 0 Å². The number of H-pyrrole nitrogens is 1. The normalized spacial score (nSPS) is 11.3. The average molecular weight is 402 g/mol. The van der Waals surface area contributed by atoms with Crippen LogP contribution in [-0.2, 0) is 6.18 Å². The molecule has 7 heteroatoms. The van der Waals surface area contributed by atoms with E-state index >= 15 is 0 Å². The van der Waals surface area contributed by atoms with Gasteiger partial charge >= 0.3 is 6.18 Å². The molecule has 1 heterocycles. The number of nitrogens with one attached hydrogen (secondary N) is 2. The molecule has 0 saturated heterocycles. The Hall–Kier alpha value is -3.22. The third-order valence-electron chi connectivity index (χ3n) is 4.48. The highest BCUT2D eigenvalue weighted by Gasteiger charge is 2.30. The molecule has 0 fully saturated rings. The van der Waals surface area contributed by atoms with Crippen molar-refractivity contribution in [1.82, 2.24) is 10.3 Å². The van der Waals surface area contributed by atoms with E-state index in [0.717, 1.165) is 24.1 Å². The molecular weight excluding hydrogens is 381 g/mol. The van der Waals surface area contributed by atoms with Crippen molar-refractivity contribution in [3.05, 3.63) is 65.7 Å². The lowest BCUT2D eigenvalue weighted by molar-refractivity contribution is -0.137. The number of halogens is 3. The Labute approximate surface area is 166 Å². The zero-order valence-electron chi connectivity index (χ0n) is 16.1. The topological polar surface area (TPSA) is 54.1 Å². The third kappa shape index (κ3) is 4.62. The van der Waals surface area contributed by atoms with Gasteiger partial charge in [0.15, 0.2) is 0 Å². The van der Waals surface area contributed by atoms with Gasteiger partial charge in [0.1, 0.15) is 5.75 Å². The predicted octanol–water partition coefficient (Wildman–Crippen LogP) is 5.52. The Morgan fingerprint density at radius 3 is 2.41 bits per heavy atom. The molecule has 0 saturated carbocycles. The Kier molecular flexibility index (Phi) is 5.96. The monoisotopic (exact) mass is 402 g/mol. The average Bonchev–Trinajstić information content (AvgIpc) is 3.17. The Bertz CT molecular complexity index is 992. The highest BCUT2D eigenvalue weighted by Crippen LogP contribution is 2.33. The predicted molar refractivity (Wildman–Crippen MR) is 106 cm³/mol. The summed E-state index contributed by atoms with van der Waals surface area (Å²) in [6.45, 7) is 2.48. The van der Waals surface area contributed by atoms with E-state index in [-0.39, 0.29) is 5.91 Å². The van der Waals surface area contributed by atoms with Crippen LogP contribution >= 0.6 is 0 Å². The molecule has 1 aromatic heterocycles. The number of carbonyl (C=O) groups excluding carboxylic acids is 1. The number of rotatable bonds is 6. The summed E-state index contributed by atoms with van der Waals surface area (Å²) in [6.07, 6.45) is -3.61. The molecule has 1 amide bonds. The number of ether oxygens (including phenoxy) is 1. The van der Waals surface area contributed by atoms with Gasteiger partial charge in [0.2, 0.25) is 0 Å². The molecule has 2 aromatic carbocycles. The van der Waals surface area contributed by atoms with Gasteiger partial charge in [-0.25, -0.2) is 0 Å². The van der Waals surface area contributed by atoms with E-state index in [1.54, 1.807) is 31.4 Å². The van der Waals surface area contributed by atoms with E-state index in [0.29, 0.717) is 34.8 Å². The summed E-state index contributed by atoms with van der Waals surface area (Å²) in [5.41, 5.74) is 2.12. The summed E-state index contributed by atoms with van der Waals surface area (Å²) in [5.74, 6) is 0.382. The smallest absolute Gasteiger partial charge is 0.416 e. The van der Waals surface area contributed by atoms with Crippen LogP contribution in [0.5, 0.6) is 5.75 Å². The molecule has 152 valence electrons. The van der Waals surface area contributed by atoms with Crippen LogP contribution in [0.4, 0.5) is 13.2 Å². The van der Waals surface area contributed by atoms with Crippen molar-refractivity contribution in [2.45, 2.75) is 19.5 Å². The molecule has 0 aliphatic rings. The molecule has 3 rings (SSSR count). The van der Waals surface area contributed by atoms with Crippen molar-refractivity contribution in [2.24, 2.45) is 0 Å². The maximum absolute atomic E-state index is 12.8. The van der Waals surface area contributed by atoms with E-state index in [1.807, 2.05) is 13.0 Å². The van der Waals surface area contributed by atoms with E-state index < -0.39 is 11.7 Å². The highest BCUT2D eigenvalue weighted by atomic mass is 19.4. The molecule has 0 bridgehead atoms. The molecule has 0 aliphatic carbocycles. The van der Waals surface area contributed by atoms with Gasteiger partial charge in [0.05, 0.1) is 23.9 Å². The lowest BCUT2D eigenvalue weighted by Crippen LogP contribution is -2.24. The second kappa shape index (κ2) is 8.43. The van der Waals surface area contributed by atoms with E-state index in [9.17, 15) is 18.0 Å². The van der Waals surface area contributed by atoms with Gasteiger partial charge in [0, 0.05) is 17.8 Å². The summed E-state index contributed by atoms with van der Waals surface area (Å²) in [6, 6.07) is 13.7. The zero-order valence-corrected chi connectivity index (χ0v) is 16.1. The minimum Gasteiger partial charge on any atom is -0.497 e. The molecule has 0 spiro atoms. The van der Waals surface area contributed by atoms with Crippen molar-refractivity contribution in [3.63, 3.8) is 0 Å². The molecule has 29 heavy (non-hydrogen) atoms. The van der Waals surface area contributed by atoms with Gasteiger partial charge in [-0.15, -0.1) is 0 Å². The standard InChI is InChI=1S/C22H21F3N2O2/c1-3-11-26-21(28)18-13-19(14-7-9-16(10-8-14)22(23,24)25)27-20(18)15-5-4-6-17(12-15)29-2/h4-10,12-13,27H,3,11H2,1-2H3,(H,26,28). The number of amides is 1. The molecule has 0 unspecified atom stereocenters. The summed E-state index contributed by atoms with van der Waals surface area (Å²) < 4.78 is 43.8. The van der Waals surface area contributed by atoms with Crippen molar-refractivity contribution in [2.75, 3.05) is 13.7 Å². The fourth-order valence-corrected chi connectivity index (χ4v) is 2.97. The number of benzene rings is 2. The van der Waals surface area contributed by atoms with Crippen LogP contribution in [0.15, 0.2) is 54.6 Å². The van der Waals surface area contributed by atoms with Crippen LogP contribution in [-0.4, -0.2) is 24.5 Å². The van der Waals surface area contributed by atoms with Crippen molar-refractivity contribution < 1.29 is 22.7 Å². The number of hydrogen-bond donors (Lipinski definition) is 2. The number of hydrogen-bond acceptors (Lipinski definition) is 2. The molecule has 4 nitrogen and oxygen atoms in total. The largest absolute Gasteiger partial charge is 0.497 e. The van der Waals surface area contributed by atoms with Crippen LogP contribution in [0.3, 0.4) is 0 Å². The molecule has 0 aliphatic heterocycles. The van der Waals surface area contributed by atoms with Crippen LogP contribution < -0.4 is 10.1 Å². The third-order valence-corrected chi connectivity index (χ3v) is 4.48. The quantitative estimate of drug-likeness (QED) is 0.571. The fraction of sp³-hybridized carbons (Fsp3) is 0.227. The van der Waals surface area contributed by atoms with Gasteiger partial charge in [-0.05, 0) is 42.3 Å². The number of aromatic nitrogens is 1. The van der Waals surface area contributed by atoms with Crippen LogP contribution in [0.25, 0.3) is 22.5 Å². The first-order chi connectivity index (χ1) is 13.8. The first-order valence-corrected chi connectivity index (χ1v) is 9.16. The lowest BCUT2D eigenvalue weighted by atomic mass is 10.1. The number of alkyl halides is 3. The summed E-state index contributed by atoms with van der Waals surface area (Å²) >= 11 is 0. The maximum Gasteiger partial charge on any atom is 0.416 e. The van der Waals surface area contributed by atoms with Gasteiger partial charge < -0.3 is 15.0 Å². The molecule has 0 radical (unpaired) electrons. The number of aromatic amines is 1. The van der Waals surface area contributed by atoms with Gasteiger partial charge in [-0.1, -0.05) is 31.2 Å².